The van der Waals surface area contributed by atoms with E-state index in [1.165, 1.54) is 0 Å². The number of alkyl halides is 7. The molecule has 0 aliphatic carbocycles. The fourth-order valence-corrected chi connectivity index (χ4v) is 4.42. The van der Waals surface area contributed by atoms with E-state index in [4.69, 9.17) is 20.3 Å². The lowest BCUT2D eigenvalue weighted by Gasteiger charge is -2.28. The van der Waals surface area contributed by atoms with Crippen LogP contribution in [-0.2, 0) is 21.9 Å². The second-order valence-corrected chi connectivity index (χ2v) is 9.40. The quantitative estimate of drug-likeness (QED) is 0.106. The summed E-state index contributed by atoms with van der Waals surface area (Å²) < 4.78 is 120. The van der Waals surface area contributed by atoms with Crippen molar-refractivity contribution >= 4 is 23.4 Å². The predicted octanol–water partition coefficient (Wildman–Crippen LogP) is 3.35. The van der Waals surface area contributed by atoms with Crippen molar-refractivity contribution in [2.75, 3.05) is 33.0 Å². The van der Waals surface area contributed by atoms with Crippen LogP contribution in [0.15, 0.2) is 34.4 Å². The van der Waals surface area contributed by atoms with Crippen molar-refractivity contribution in [1.82, 2.24) is 25.2 Å². The van der Waals surface area contributed by atoms with Crippen LogP contribution in [0.25, 0.3) is 11.3 Å². The molecule has 0 fully saturated rings. The number of halogens is 8. The van der Waals surface area contributed by atoms with Gasteiger partial charge in [-0.25, -0.2) is 9.07 Å². The first-order valence-corrected chi connectivity index (χ1v) is 12.7. The van der Waals surface area contributed by atoms with Gasteiger partial charge in [-0.3, -0.25) is 19.9 Å². The molecular weight excluding hydrogens is 642 g/mol. The van der Waals surface area contributed by atoms with Gasteiger partial charge in [-0.2, -0.15) is 30.7 Å². The molecule has 0 aliphatic heterocycles. The van der Waals surface area contributed by atoms with Crippen molar-refractivity contribution in [3.05, 3.63) is 51.5 Å². The number of primary amides is 1. The van der Waals surface area contributed by atoms with E-state index in [1.807, 2.05) is 0 Å². The Hall–Kier alpha value is -4.02. The highest BCUT2D eigenvalue weighted by atomic mass is 32.2. The Balaban J connectivity index is 2.05. The van der Waals surface area contributed by atoms with Gasteiger partial charge in [-0.1, -0.05) is 0 Å². The number of tetrazole rings is 1. The van der Waals surface area contributed by atoms with Gasteiger partial charge in [0.15, 0.2) is 0 Å². The van der Waals surface area contributed by atoms with Crippen LogP contribution in [0.1, 0.15) is 15.9 Å². The van der Waals surface area contributed by atoms with Gasteiger partial charge in [-0.15, -0.1) is 5.10 Å². The first kappa shape index (κ1) is 34.5. The number of hydrogen-bond acceptors (Lipinski definition) is 11. The first-order chi connectivity index (χ1) is 20.5. The Morgan fingerprint density at radius 1 is 1.07 bits per heavy atom. The largest absolute Gasteiger partial charge is 0.460 e. The Morgan fingerprint density at radius 3 is 2.30 bits per heavy atom. The molecule has 2 aromatic heterocycles. The maximum Gasteiger partial charge on any atom is 0.460 e. The minimum atomic E-state index is -6.71. The zero-order chi connectivity index (χ0) is 32.9. The van der Waals surface area contributed by atoms with Crippen molar-refractivity contribution in [2.24, 2.45) is 5.73 Å². The van der Waals surface area contributed by atoms with Crippen molar-refractivity contribution in [1.29, 1.82) is 0 Å². The van der Waals surface area contributed by atoms with E-state index in [2.05, 4.69) is 20.5 Å². The van der Waals surface area contributed by atoms with Crippen molar-refractivity contribution < 1.29 is 59.4 Å². The van der Waals surface area contributed by atoms with Crippen LogP contribution in [0, 0.1) is 15.9 Å². The number of benzene rings is 1. The van der Waals surface area contributed by atoms with Gasteiger partial charge in [0.25, 0.3) is 5.69 Å². The Morgan fingerprint density at radius 2 is 1.73 bits per heavy atom. The van der Waals surface area contributed by atoms with Gasteiger partial charge in [0.2, 0.25) is 11.1 Å². The lowest BCUT2D eigenvalue weighted by atomic mass is 10.0. The summed E-state index contributed by atoms with van der Waals surface area (Å²) in [6.45, 7) is 0.171. The first-order valence-electron chi connectivity index (χ1n) is 11.8. The van der Waals surface area contributed by atoms with Gasteiger partial charge in [-0.05, 0) is 28.3 Å². The number of pyridine rings is 1. The molecule has 3 rings (SSSR count). The average Bonchev–Trinajstić information content (AvgIpc) is 3.38. The summed E-state index contributed by atoms with van der Waals surface area (Å²) in [5.74, 6) is -15.8. The van der Waals surface area contributed by atoms with E-state index in [1.54, 1.807) is 0 Å². The third kappa shape index (κ3) is 7.36. The van der Waals surface area contributed by atoms with Crippen LogP contribution in [0.5, 0.6) is 0 Å². The number of carbonyl (C=O) groups is 1. The van der Waals surface area contributed by atoms with E-state index in [-0.39, 0.29) is 57.0 Å². The molecule has 1 aromatic carbocycles. The maximum atomic E-state index is 15.2. The Bertz CT molecular complexity index is 1510. The van der Waals surface area contributed by atoms with Gasteiger partial charge in [0, 0.05) is 34.4 Å². The molecule has 22 heteroatoms. The second kappa shape index (κ2) is 13.7. The Kier molecular flexibility index (Phi) is 10.8. The SMILES string of the molecule is NC(=O)c1cc([N+](=O)[O-])cc(-c2ncc(C(F)(F)C(F)(F)C(F)(F)F)cc2F)c1Sc1nnnn1CCOCCOCCO. The third-order valence-electron chi connectivity index (χ3n) is 5.51. The van der Waals surface area contributed by atoms with Gasteiger partial charge < -0.3 is 20.3 Å². The molecule has 0 bridgehead atoms. The number of non-ortho nitro benzene ring substituents is 1. The van der Waals surface area contributed by atoms with Crippen LogP contribution in [0.4, 0.5) is 40.8 Å². The number of aliphatic hydroxyl groups excluding tert-OH is 1. The van der Waals surface area contributed by atoms with Crippen LogP contribution in [-0.4, -0.2) is 86.3 Å². The molecule has 0 aliphatic rings. The number of nitrogens with two attached hydrogens (primary N) is 1. The number of nitrogens with zero attached hydrogens (tertiary/aromatic N) is 6. The maximum absolute atomic E-state index is 15.2. The molecule has 44 heavy (non-hydrogen) atoms. The van der Waals surface area contributed by atoms with Crippen molar-refractivity contribution in [3.8, 4) is 11.3 Å². The van der Waals surface area contributed by atoms with E-state index in [9.17, 15) is 45.6 Å². The molecule has 3 aromatic rings. The number of carbonyl (C=O) groups excluding carboxylic acids is 1. The minimum Gasteiger partial charge on any atom is -0.394 e. The number of aliphatic hydroxyl groups is 1. The highest BCUT2D eigenvalue weighted by Gasteiger charge is 2.73. The van der Waals surface area contributed by atoms with Gasteiger partial charge >= 0.3 is 18.0 Å². The fourth-order valence-electron chi connectivity index (χ4n) is 3.39. The van der Waals surface area contributed by atoms with E-state index in [0.717, 1.165) is 4.68 Å². The standard InChI is InChI=1S/C22H19F8N7O6S/c23-15-7-11(20(24,25)21(26,27)22(28,29)30)10-32-16(15)13-8-12(37(40)41)9-14(18(31)39)17(13)44-19-33-34-35-36(19)1-3-42-5-6-43-4-2-38/h7-10,38H,1-6H2,(H2,31,39). The fraction of sp³-hybridized carbons (Fsp3) is 0.409. The molecule has 3 N–H and O–H groups in total. The molecule has 0 saturated carbocycles. The summed E-state index contributed by atoms with van der Waals surface area (Å²) in [4.78, 5) is 25.6. The Labute approximate surface area is 244 Å². The number of amides is 1. The van der Waals surface area contributed by atoms with Crippen LogP contribution in [0.3, 0.4) is 0 Å². The number of rotatable bonds is 15. The summed E-state index contributed by atoms with van der Waals surface area (Å²) in [7, 11) is 0. The van der Waals surface area contributed by atoms with Crippen molar-refractivity contribution in [2.45, 2.75) is 34.6 Å². The highest BCUT2D eigenvalue weighted by molar-refractivity contribution is 7.99. The number of aromatic nitrogens is 5. The van der Waals surface area contributed by atoms with E-state index >= 15 is 4.39 Å². The molecule has 2 heterocycles. The molecule has 0 radical (unpaired) electrons. The molecular formula is C22H19F8N7O6S. The summed E-state index contributed by atoms with van der Waals surface area (Å²) >= 11 is 0.491. The summed E-state index contributed by atoms with van der Waals surface area (Å²) in [5.41, 5.74) is 0.0355. The number of ether oxygens (including phenoxy) is 2. The molecule has 0 unspecified atom stereocenters. The van der Waals surface area contributed by atoms with E-state index < -0.39 is 67.6 Å². The van der Waals surface area contributed by atoms with Gasteiger partial charge in [0.05, 0.1) is 50.1 Å². The smallest absolute Gasteiger partial charge is 0.394 e. The topological polar surface area (TPSA) is 181 Å². The summed E-state index contributed by atoms with van der Waals surface area (Å²) in [6, 6.07) is 0.999. The molecule has 0 atom stereocenters. The summed E-state index contributed by atoms with van der Waals surface area (Å²) in [6.07, 6.45) is -6.88. The monoisotopic (exact) mass is 661 g/mol. The lowest BCUT2D eigenvalue weighted by Crippen LogP contribution is -2.50. The number of hydrogen-bond donors (Lipinski definition) is 2. The second-order valence-electron chi connectivity index (χ2n) is 8.43. The average molecular weight is 661 g/mol. The number of nitro groups is 1. The lowest BCUT2D eigenvalue weighted by molar-refractivity contribution is -0.384. The molecule has 0 saturated heterocycles. The minimum absolute atomic E-state index is 0.00526. The van der Waals surface area contributed by atoms with Crippen molar-refractivity contribution in [3.63, 3.8) is 0 Å². The van der Waals surface area contributed by atoms with Crippen LogP contribution >= 0.6 is 11.8 Å². The molecule has 13 nitrogen and oxygen atoms in total. The van der Waals surface area contributed by atoms with Crippen LogP contribution < -0.4 is 5.73 Å². The zero-order valence-corrected chi connectivity index (χ0v) is 22.5. The predicted molar refractivity (Wildman–Crippen MR) is 130 cm³/mol. The highest BCUT2D eigenvalue weighted by Crippen LogP contribution is 2.52. The molecule has 1 amide bonds. The summed E-state index contributed by atoms with van der Waals surface area (Å²) in [5, 5.41) is 31.0. The van der Waals surface area contributed by atoms with Crippen LogP contribution in [0.2, 0.25) is 0 Å². The zero-order valence-electron chi connectivity index (χ0n) is 21.7. The number of nitro benzene ring substituents is 1. The van der Waals surface area contributed by atoms with E-state index in [0.29, 0.717) is 23.9 Å². The molecule has 240 valence electrons. The van der Waals surface area contributed by atoms with Gasteiger partial charge in [0.1, 0.15) is 11.5 Å². The molecule has 0 spiro atoms. The normalized spacial score (nSPS) is 12.5. The third-order valence-corrected chi connectivity index (χ3v) is 6.63.